The number of primary amides is 1. The Labute approximate surface area is 147 Å². The fourth-order valence-corrected chi connectivity index (χ4v) is 3.07. The molecule has 2 aromatic rings. The normalized spacial score (nSPS) is 14.9. The van der Waals surface area contributed by atoms with Gasteiger partial charge in [0.1, 0.15) is 0 Å². The van der Waals surface area contributed by atoms with Gasteiger partial charge >= 0.3 is 0 Å². The van der Waals surface area contributed by atoms with E-state index in [1.165, 1.54) is 0 Å². The lowest BCUT2D eigenvalue weighted by atomic mass is 9.97. The largest absolute Gasteiger partial charge is 0.381 e. The fraction of sp³-hybridized carbons (Fsp3) is 0.300. The van der Waals surface area contributed by atoms with E-state index < -0.39 is 5.91 Å². The van der Waals surface area contributed by atoms with Crippen molar-refractivity contribution in [1.82, 2.24) is 5.32 Å². The minimum absolute atomic E-state index is 0.107. The molecule has 0 atom stereocenters. The summed E-state index contributed by atoms with van der Waals surface area (Å²) in [7, 11) is 0. The molecule has 1 heterocycles. The summed E-state index contributed by atoms with van der Waals surface area (Å²) in [5, 5.41) is 3.00. The summed E-state index contributed by atoms with van der Waals surface area (Å²) in [4.78, 5) is 24.1. The van der Waals surface area contributed by atoms with Gasteiger partial charge in [-0.3, -0.25) is 9.59 Å². The third kappa shape index (κ3) is 4.25. The molecule has 0 radical (unpaired) electrons. The van der Waals surface area contributed by atoms with Crippen molar-refractivity contribution >= 4 is 11.8 Å². The summed E-state index contributed by atoms with van der Waals surface area (Å²) >= 11 is 0. The molecule has 3 N–H and O–H groups in total. The van der Waals surface area contributed by atoms with Crippen LogP contribution in [0.1, 0.15) is 33.6 Å². The highest BCUT2D eigenvalue weighted by Crippen LogP contribution is 2.24. The van der Waals surface area contributed by atoms with E-state index in [1.807, 2.05) is 24.3 Å². The SMILES string of the molecule is NC(=O)c1ccccc1-c1cccc(C(=O)NCC2CCOCC2)c1. The summed E-state index contributed by atoms with van der Waals surface area (Å²) in [6.45, 7) is 2.18. The van der Waals surface area contributed by atoms with Crippen LogP contribution in [-0.2, 0) is 4.74 Å². The van der Waals surface area contributed by atoms with E-state index in [4.69, 9.17) is 10.5 Å². The average Bonchev–Trinajstić information content (AvgIpc) is 2.67. The van der Waals surface area contributed by atoms with Gasteiger partial charge in [-0.25, -0.2) is 0 Å². The van der Waals surface area contributed by atoms with Crippen molar-refractivity contribution in [2.24, 2.45) is 11.7 Å². The molecule has 1 aliphatic heterocycles. The fourth-order valence-electron chi connectivity index (χ4n) is 3.07. The zero-order valence-corrected chi connectivity index (χ0v) is 14.0. The monoisotopic (exact) mass is 338 g/mol. The van der Waals surface area contributed by atoms with Gasteiger partial charge in [0.05, 0.1) is 0 Å². The standard InChI is InChI=1S/C20H22N2O3/c21-19(23)18-7-2-1-6-17(18)15-4-3-5-16(12-15)20(24)22-13-14-8-10-25-11-9-14/h1-7,12,14H,8-11,13H2,(H2,21,23)(H,22,24). The minimum atomic E-state index is -0.482. The first-order valence-electron chi connectivity index (χ1n) is 8.50. The predicted octanol–water partition coefficient (Wildman–Crippen LogP) is 2.61. The molecular weight excluding hydrogens is 316 g/mol. The van der Waals surface area contributed by atoms with Crippen LogP contribution in [-0.4, -0.2) is 31.6 Å². The van der Waals surface area contributed by atoms with Gasteiger partial charge in [0, 0.05) is 30.9 Å². The topological polar surface area (TPSA) is 81.4 Å². The number of amides is 2. The van der Waals surface area contributed by atoms with E-state index in [0.29, 0.717) is 23.6 Å². The smallest absolute Gasteiger partial charge is 0.251 e. The van der Waals surface area contributed by atoms with Gasteiger partial charge in [-0.1, -0.05) is 30.3 Å². The molecule has 1 saturated heterocycles. The molecule has 0 aromatic heterocycles. The van der Waals surface area contributed by atoms with Crippen molar-refractivity contribution in [2.45, 2.75) is 12.8 Å². The second kappa shape index (κ2) is 7.94. The highest BCUT2D eigenvalue weighted by atomic mass is 16.5. The number of carbonyl (C=O) groups is 2. The number of hydrogen-bond donors (Lipinski definition) is 2. The Morgan fingerprint density at radius 3 is 2.60 bits per heavy atom. The van der Waals surface area contributed by atoms with Gasteiger partial charge in [-0.2, -0.15) is 0 Å². The zero-order valence-electron chi connectivity index (χ0n) is 14.0. The van der Waals surface area contributed by atoms with Crippen molar-refractivity contribution in [2.75, 3.05) is 19.8 Å². The quantitative estimate of drug-likeness (QED) is 0.879. The van der Waals surface area contributed by atoms with Gasteiger partial charge in [-0.15, -0.1) is 0 Å². The van der Waals surface area contributed by atoms with Gasteiger partial charge in [0.2, 0.25) is 5.91 Å². The van der Waals surface area contributed by atoms with Gasteiger partial charge in [-0.05, 0) is 48.1 Å². The lowest BCUT2D eigenvalue weighted by molar-refractivity contribution is 0.0642. The Hall–Kier alpha value is -2.66. The molecule has 25 heavy (non-hydrogen) atoms. The van der Waals surface area contributed by atoms with E-state index in [2.05, 4.69) is 5.32 Å². The summed E-state index contributed by atoms with van der Waals surface area (Å²) in [6, 6.07) is 14.4. The Morgan fingerprint density at radius 2 is 1.84 bits per heavy atom. The Balaban J connectivity index is 1.75. The molecule has 1 aliphatic rings. The summed E-state index contributed by atoms with van der Waals surface area (Å²) < 4.78 is 5.34. The predicted molar refractivity (Wildman–Crippen MR) is 96.3 cm³/mol. The third-order valence-corrected chi connectivity index (χ3v) is 4.52. The highest BCUT2D eigenvalue weighted by Gasteiger charge is 2.16. The van der Waals surface area contributed by atoms with E-state index in [0.717, 1.165) is 37.2 Å². The maximum Gasteiger partial charge on any atom is 0.251 e. The zero-order chi connectivity index (χ0) is 17.6. The van der Waals surface area contributed by atoms with Crippen molar-refractivity contribution in [3.63, 3.8) is 0 Å². The van der Waals surface area contributed by atoms with Crippen LogP contribution >= 0.6 is 0 Å². The lowest BCUT2D eigenvalue weighted by Crippen LogP contribution is -2.32. The Morgan fingerprint density at radius 1 is 1.08 bits per heavy atom. The molecule has 2 amide bonds. The minimum Gasteiger partial charge on any atom is -0.381 e. The van der Waals surface area contributed by atoms with Crippen LogP contribution in [0.2, 0.25) is 0 Å². The molecule has 0 spiro atoms. The number of nitrogens with two attached hydrogens (primary N) is 1. The molecule has 0 unspecified atom stereocenters. The summed E-state index contributed by atoms with van der Waals surface area (Å²) in [6.07, 6.45) is 1.96. The van der Waals surface area contributed by atoms with Crippen LogP contribution in [0, 0.1) is 5.92 Å². The van der Waals surface area contributed by atoms with Crippen LogP contribution in [0.25, 0.3) is 11.1 Å². The van der Waals surface area contributed by atoms with Gasteiger partial charge < -0.3 is 15.8 Å². The third-order valence-electron chi connectivity index (χ3n) is 4.52. The van der Waals surface area contributed by atoms with E-state index >= 15 is 0 Å². The first-order chi connectivity index (χ1) is 12.1. The molecule has 5 heteroatoms. The van der Waals surface area contributed by atoms with Crippen LogP contribution in [0.15, 0.2) is 48.5 Å². The lowest BCUT2D eigenvalue weighted by Gasteiger charge is -2.22. The first-order valence-corrected chi connectivity index (χ1v) is 8.50. The molecule has 0 bridgehead atoms. The van der Waals surface area contributed by atoms with Crippen molar-refractivity contribution in [3.05, 3.63) is 59.7 Å². The van der Waals surface area contributed by atoms with Crippen LogP contribution in [0.3, 0.4) is 0 Å². The number of ether oxygens (including phenoxy) is 1. The highest BCUT2D eigenvalue weighted by molar-refractivity contribution is 6.01. The van der Waals surface area contributed by atoms with E-state index in [-0.39, 0.29) is 5.91 Å². The number of carbonyl (C=O) groups excluding carboxylic acids is 2. The van der Waals surface area contributed by atoms with Crippen molar-refractivity contribution in [3.8, 4) is 11.1 Å². The van der Waals surface area contributed by atoms with Crippen LogP contribution in [0.5, 0.6) is 0 Å². The molecule has 3 rings (SSSR count). The second-order valence-electron chi connectivity index (χ2n) is 6.26. The molecule has 0 saturated carbocycles. The number of hydrogen-bond acceptors (Lipinski definition) is 3. The maximum absolute atomic E-state index is 12.5. The summed E-state index contributed by atoms with van der Waals surface area (Å²) in [5.41, 5.74) is 8.00. The number of rotatable bonds is 5. The number of nitrogens with one attached hydrogen (secondary N) is 1. The van der Waals surface area contributed by atoms with Gasteiger partial charge in [0.15, 0.2) is 0 Å². The molecule has 5 nitrogen and oxygen atoms in total. The second-order valence-corrected chi connectivity index (χ2v) is 6.26. The van der Waals surface area contributed by atoms with Crippen molar-refractivity contribution < 1.29 is 14.3 Å². The molecule has 1 fully saturated rings. The van der Waals surface area contributed by atoms with E-state index in [9.17, 15) is 9.59 Å². The molecular formula is C20H22N2O3. The first kappa shape index (κ1) is 17.2. The average molecular weight is 338 g/mol. The Bertz CT molecular complexity index is 767. The van der Waals surface area contributed by atoms with Crippen LogP contribution in [0.4, 0.5) is 0 Å². The maximum atomic E-state index is 12.5. The van der Waals surface area contributed by atoms with E-state index in [1.54, 1.807) is 24.3 Å². The van der Waals surface area contributed by atoms with Gasteiger partial charge in [0.25, 0.3) is 5.91 Å². The number of benzene rings is 2. The molecule has 2 aromatic carbocycles. The summed E-state index contributed by atoms with van der Waals surface area (Å²) in [5.74, 6) is -0.119. The molecule has 0 aliphatic carbocycles. The van der Waals surface area contributed by atoms with Crippen LogP contribution < -0.4 is 11.1 Å². The van der Waals surface area contributed by atoms with Crippen molar-refractivity contribution in [1.29, 1.82) is 0 Å². The molecule has 130 valence electrons. The Kier molecular flexibility index (Phi) is 5.46.